The zero-order valence-electron chi connectivity index (χ0n) is 18.0. The number of hydrogen-bond acceptors (Lipinski definition) is 10. The van der Waals surface area contributed by atoms with Gasteiger partial charge in [-0.05, 0) is 23.8 Å². The molecule has 1 amide bonds. The van der Waals surface area contributed by atoms with E-state index >= 15 is 0 Å². The Bertz CT molecular complexity index is 1100. The number of carbonyl (C=O) groups excluding carboxylic acids is 1. The number of nitrogens with zero attached hydrogens (tertiary/aromatic N) is 3. The Hall–Kier alpha value is -2.47. The van der Waals surface area contributed by atoms with Crippen LogP contribution in [0.2, 0.25) is 5.02 Å². The number of aromatic nitrogens is 2. The summed E-state index contributed by atoms with van der Waals surface area (Å²) in [6.07, 6.45) is 1.50. The van der Waals surface area contributed by atoms with Crippen LogP contribution in [0.15, 0.2) is 50.2 Å². The van der Waals surface area contributed by atoms with E-state index in [0.29, 0.717) is 32.9 Å². The molecule has 1 aromatic heterocycles. The molecule has 0 aliphatic rings. The van der Waals surface area contributed by atoms with Crippen molar-refractivity contribution in [2.45, 2.75) is 14.4 Å². The molecule has 0 unspecified atom stereocenters. The van der Waals surface area contributed by atoms with Crippen LogP contribution < -0.4 is 19.6 Å². The standard InChI is InChI=1S/C21H21ClN4O4S3/c1-28-16-8-13(9-17(29-2)19(16)30-3)10-23-24-18(27)12-32-21-26-25-20(33-21)31-11-14-6-4-5-7-15(14)22/h4-10H,11-12H2,1-3H3,(H,24,27). The molecular weight excluding hydrogens is 504 g/mol. The average molecular weight is 525 g/mol. The summed E-state index contributed by atoms with van der Waals surface area (Å²) in [5.41, 5.74) is 4.22. The molecule has 0 atom stereocenters. The number of carbonyl (C=O) groups is 1. The summed E-state index contributed by atoms with van der Waals surface area (Å²) in [5, 5.41) is 13.0. The Morgan fingerprint density at radius 1 is 1.09 bits per heavy atom. The zero-order chi connectivity index (χ0) is 23.6. The second-order valence-electron chi connectivity index (χ2n) is 6.25. The van der Waals surface area contributed by atoms with E-state index in [1.807, 2.05) is 24.3 Å². The van der Waals surface area contributed by atoms with Gasteiger partial charge in [-0.2, -0.15) is 5.10 Å². The highest BCUT2D eigenvalue weighted by Crippen LogP contribution is 2.37. The van der Waals surface area contributed by atoms with Gasteiger partial charge in [0.2, 0.25) is 5.75 Å². The van der Waals surface area contributed by atoms with Gasteiger partial charge in [-0.15, -0.1) is 10.2 Å². The summed E-state index contributed by atoms with van der Waals surface area (Å²) in [7, 11) is 4.60. The van der Waals surface area contributed by atoms with Crippen molar-refractivity contribution in [2.24, 2.45) is 5.10 Å². The van der Waals surface area contributed by atoms with Crippen LogP contribution in [0.1, 0.15) is 11.1 Å². The number of rotatable bonds is 11. The second-order valence-corrected chi connectivity index (χ2v) is 10.1. The van der Waals surface area contributed by atoms with Crippen LogP contribution in [0.4, 0.5) is 0 Å². The van der Waals surface area contributed by atoms with Crippen LogP contribution in [0.3, 0.4) is 0 Å². The molecule has 0 fully saturated rings. The largest absolute Gasteiger partial charge is 0.493 e. The third kappa shape index (κ3) is 7.26. The van der Waals surface area contributed by atoms with Gasteiger partial charge in [0.1, 0.15) is 0 Å². The number of amides is 1. The Kier molecular flexibility index (Phi) is 9.67. The molecule has 33 heavy (non-hydrogen) atoms. The molecule has 8 nitrogen and oxygen atoms in total. The molecule has 0 saturated heterocycles. The van der Waals surface area contributed by atoms with E-state index in [2.05, 4.69) is 20.7 Å². The fourth-order valence-corrected chi connectivity index (χ4v) is 5.68. The van der Waals surface area contributed by atoms with Crippen LogP contribution in [0, 0.1) is 0 Å². The summed E-state index contributed by atoms with van der Waals surface area (Å²) >= 11 is 10.5. The summed E-state index contributed by atoms with van der Waals surface area (Å²) in [6, 6.07) is 11.2. The number of benzene rings is 2. The first-order valence-electron chi connectivity index (χ1n) is 9.48. The zero-order valence-corrected chi connectivity index (χ0v) is 21.2. The minimum Gasteiger partial charge on any atom is -0.493 e. The number of nitrogens with one attached hydrogen (secondary N) is 1. The Morgan fingerprint density at radius 3 is 2.39 bits per heavy atom. The number of hydrogen-bond donors (Lipinski definition) is 1. The van der Waals surface area contributed by atoms with Gasteiger partial charge in [0.15, 0.2) is 20.2 Å². The summed E-state index contributed by atoms with van der Waals surface area (Å²) in [6.45, 7) is 0. The molecule has 0 aliphatic carbocycles. The first-order valence-corrected chi connectivity index (χ1v) is 12.6. The molecule has 0 aliphatic heterocycles. The van der Waals surface area contributed by atoms with Gasteiger partial charge in [0, 0.05) is 16.3 Å². The highest BCUT2D eigenvalue weighted by Gasteiger charge is 2.13. The third-order valence-electron chi connectivity index (χ3n) is 4.11. The first kappa shape index (κ1) is 25.2. The van der Waals surface area contributed by atoms with E-state index in [4.69, 9.17) is 25.8 Å². The molecule has 0 bridgehead atoms. The smallest absolute Gasteiger partial charge is 0.250 e. The number of hydrazone groups is 1. The van der Waals surface area contributed by atoms with Crippen molar-refractivity contribution < 1.29 is 19.0 Å². The van der Waals surface area contributed by atoms with E-state index in [1.54, 1.807) is 23.9 Å². The number of thioether (sulfide) groups is 2. The predicted molar refractivity (Wildman–Crippen MR) is 133 cm³/mol. The fraction of sp³-hybridized carbons (Fsp3) is 0.238. The number of ether oxygens (including phenoxy) is 3. The van der Waals surface area contributed by atoms with Crippen molar-refractivity contribution in [3.8, 4) is 17.2 Å². The SMILES string of the molecule is COc1cc(C=NNC(=O)CSc2nnc(SCc3ccccc3Cl)s2)cc(OC)c1OC. The van der Waals surface area contributed by atoms with Crippen molar-refractivity contribution >= 4 is 58.6 Å². The molecule has 174 valence electrons. The van der Waals surface area contributed by atoms with Gasteiger partial charge in [-0.3, -0.25) is 4.79 Å². The van der Waals surface area contributed by atoms with Crippen molar-refractivity contribution in [3.63, 3.8) is 0 Å². The highest BCUT2D eigenvalue weighted by atomic mass is 35.5. The molecular formula is C21H21ClN4O4S3. The molecule has 0 radical (unpaired) electrons. The fourth-order valence-electron chi connectivity index (χ4n) is 2.58. The van der Waals surface area contributed by atoms with Crippen molar-refractivity contribution in [1.29, 1.82) is 0 Å². The minimum atomic E-state index is -0.260. The van der Waals surface area contributed by atoms with Crippen molar-refractivity contribution in [2.75, 3.05) is 27.1 Å². The van der Waals surface area contributed by atoms with Gasteiger partial charge in [-0.25, -0.2) is 5.43 Å². The van der Waals surface area contributed by atoms with Gasteiger partial charge in [-0.1, -0.05) is 64.7 Å². The van der Waals surface area contributed by atoms with Gasteiger partial charge >= 0.3 is 0 Å². The number of halogens is 1. The molecule has 12 heteroatoms. The van der Waals surface area contributed by atoms with Gasteiger partial charge in [0.25, 0.3) is 5.91 Å². The average Bonchev–Trinajstić information content (AvgIpc) is 3.29. The number of methoxy groups -OCH3 is 3. The van der Waals surface area contributed by atoms with Crippen molar-refractivity contribution in [1.82, 2.24) is 15.6 Å². The maximum atomic E-state index is 12.1. The lowest BCUT2D eigenvalue weighted by Crippen LogP contribution is -2.19. The van der Waals surface area contributed by atoms with Crippen LogP contribution >= 0.6 is 46.5 Å². The molecule has 1 heterocycles. The Morgan fingerprint density at radius 2 is 1.76 bits per heavy atom. The maximum absolute atomic E-state index is 12.1. The monoisotopic (exact) mass is 524 g/mol. The molecule has 0 spiro atoms. The maximum Gasteiger partial charge on any atom is 0.250 e. The van der Waals surface area contributed by atoms with Crippen LogP contribution in [-0.4, -0.2) is 49.4 Å². The minimum absolute atomic E-state index is 0.163. The van der Waals surface area contributed by atoms with Crippen LogP contribution in [0.5, 0.6) is 17.2 Å². The summed E-state index contributed by atoms with van der Waals surface area (Å²) < 4.78 is 17.4. The topological polar surface area (TPSA) is 94.9 Å². The van der Waals surface area contributed by atoms with E-state index < -0.39 is 0 Å². The van der Waals surface area contributed by atoms with Crippen LogP contribution in [-0.2, 0) is 10.5 Å². The summed E-state index contributed by atoms with van der Waals surface area (Å²) in [4.78, 5) is 12.1. The lowest BCUT2D eigenvalue weighted by Gasteiger charge is -2.12. The molecule has 3 rings (SSSR count). The lowest BCUT2D eigenvalue weighted by atomic mass is 10.2. The van der Waals surface area contributed by atoms with Crippen molar-refractivity contribution in [3.05, 3.63) is 52.5 Å². The molecule has 3 aromatic rings. The van der Waals surface area contributed by atoms with Gasteiger partial charge in [0.05, 0.1) is 33.3 Å². The van der Waals surface area contributed by atoms with E-state index in [9.17, 15) is 4.79 Å². The van der Waals surface area contributed by atoms with Gasteiger partial charge < -0.3 is 14.2 Å². The van der Waals surface area contributed by atoms with E-state index in [1.165, 1.54) is 50.6 Å². The summed E-state index contributed by atoms with van der Waals surface area (Å²) in [5.74, 6) is 2.09. The van der Waals surface area contributed by atoms with E-state index in [0.717, 1.165) is 14.9 Å². The predicted octanol–water partition coefficient (Wildman–Crippen LogP) is 4.75. The Labute approximate surface area is 209 Å². The van der Waals surface area contributed by atoms with Crippen LogP contribution in [0.25, 0.3) is 0 Å². The molecule has 1 N–H and O–H groups in total. The van der Waals surface area contributed by atoms with E-state index in [-0.39, 0.29) is 11.7 Å². The highest BCUT2D eigenvalue weighted by molar-refractivity contribution is 8.03. The quantitative estimate of drug-likeness (QED) is 0.218. The second kappa shape index (κ2) is 12.7. The first-order chi connectivity index (χ1) is 16.0. The Balaban J connectivity index is 1.48. The molecule has 2 aromatic carbocycles. The molecule has 0 saturated carbocycles. The normalized spacial score (nSPS) is 10.9. The lowest BCUT2D eigenvalue weighted by molar-refractivity contribution is -0.118. The third-order valence-corrected chi connectivity index (χ3v) is 7.72.